The van der Waals surface area contributed by atoms with Gasteiger partial charge in [-0.3, -0.25) is 14.6 Å². The van der Waals surface area contributed by atoms with Crippen molar-refractivity contribution in [3.05, 3.63) is 0 Å². The molecule has 7 nitrogen and oxygen atoms in total. The molecule has 1 aliphatic rings. The van der Waals surface area contributed by atoms with Gasteiger partial charge in [-0.25, -0.2) is 0 Å². The molecule has 2 amide bonds. The van der Waals surface area contributed by atoms with E-state index in [9.17, 15) is 9.59 Å². The molecule has 3 N–H and O–H groups in total. The highest BCUT2D eigenvalue weighted by Crippen LogP contribution is 2.20. The number of carbonyl (C=O) groups is 2. The number of aliphatic imine (C=N–C) groups is 1. The van der Waals surface area contributed by atoms with Crippen molar-refractivity contribution in [1.82, 2.24) is 20.9 Å². The van der Waals surface area contributed by atoms with E-state index in [0.717, 1.165) is 31.9 Å². The summed E-state index contributed by atoms with van der Waals surface area (Å²) < 4.78 is 0. The largest absolute Gasteiger partial charge is 0.359 e. The van der Waals surface area contributed by atoms with Crippen LogP contribution in [0.25, 0.3) is 0 Å². The third kappa shape index (κ3) is 8.70. The molecule has 0 atom stereocenters. The minimum atomic E-state index is -0.236. The summed E-state index contributed by atoms with van der Waals surface area (Å²) in [6.45, 7) is 7.78. The van der Waals surface area contributed by atoms with Crippen LogP contribution in [0.2, 0.25) is 0 Å². The number of guanidine groups is 1. The molecule has 0 spiro atoms. The second-order valence-corrected chi connectivity index (χ2v) is 7.01. The molecule has 0 aromatic heterocycles. The predicted octanol–water partition coefficient (Wildman–Crippen LogP) is 0.943. The van der Waals surface area contributed by atoms with Crippen molar-refractivity contribution in [2.75, 3.05) is 33.7 Å². The van der Waals surface area contributed by atoms with Gasteiger partial charge >= 0.3 is 0 Å². The number of nitrogens with zero attached hydrogens (tertiary/aromatic N) is 2. The molecule has 0 aromatic carbocycles. The van der Waals surface area contributed by atoms with Gasteiger partial charge in [0.05, 0.1) is 6.54 Å². The molecule has 1 fully saturated rings. The van der Waals surface area contributed by atoms with Crippen molar-refractivity contribution >= 4 is 41.8 Å². The first-order chi connectivity index (χ1) is 10.7. The van der Waals surface area contributed by atoms with Gasteiger partial charge < -0.3 is 20.9 Å². The topological polar surface area (TPSA) is 85.8 Å². The Kier molecular flexibility index (Phi) is 10.3. The number of nitrogens with one attached hydrogen (secondary N) is 3. The Labute approximate surface area is 162 Å². The smallest absolute Gasteiger partial charge is 0.239 e. The van der Waals surface area contributed by atoms with Gasteiger partial charge in [-0.2, -0.15) is 0 Å². The summed E-state index contributed by atoms with van der Waals surface area (Å²) in [7, 11) is 3.40. The zero-order valence-electron chi connectivity index (χ0n) is 15.4. The van der Waals surface area contributed by atoms with Crippen molar-refractivity contribution in [3.63, 3.8) is 0 Å². The Hall–Kier alpha value is -1.06. The van der Waals surface area contributed by atoms with Gasteiger partial charge in [0.15, 0.2) is 5.96 Å². The van der Waals surface area contributed by atoms with Crippen LogP contribution in [-0.2, 0) is 9.59 Å². The number of hydrogen-bond donors (Lipinski definition) is 3. The van der Waals surface area contributed by atoms with E-state index in [0.29, 0.717) is 12.3 Å². The summed E-state index contributed by atoms with van der Waals surface area (Å²) in [6, 6.07) is 0. The molecule has 1 saturated heterocycles. The second-order valence-electron chi connectivity index (χ2n) is 7.01. The number of rotatable bonds is 4. The van der Waals surface area contributed by atoms with Crippen LogP contribution in [0.15, 0.2) is 4.99 Å². The highest BCUT2D eigenvalue weighted by atomic mass is 127. The predicted molar refractivity (Wildman–Crippen MR) is 108 cm³/mol. The van der Waals surface area contributed by atoms with Gasteiger partial charge in [0, 0.05) is 39.1 Å². The van der Waals surface area contributed by atoms with Crippen LogP contribution in [0.4, 0.5) is 0 Å². The summed E-state index contributed by atoms with van der Waals surface area (Å²) in [6.07, 6.45) is 2.51. The average Bonchev–Trinajstić information content (AvgIpc) is 2.47. The third-order valence-corrected chi connectivity index (χ3v) is 3.80. The molecule has 8 heteroatoms. The first-order valence-electron chi connectivity index (χ1n) is 8.22. The monoisotopic (exact) mass is 453 g/mol. The highest BCUT2D eigenvalue weighted by molar-refractivity contribution is 14.0. The maximum Gasteiger partial charge on any atom is 0.239 e. The first kappa shape index (κ1) is 22.9. The van der Waals surface area contributed by atoms with Gasteiger partial charge in [0.2, 0.25) is 11.8 Å². The van der Waals surface area contributed by atoms with E-state index >= 15 is 0 Å². The summed E-state index contributed by atoms with van der Waals surface area (Å²) >= 11 is 0. The fourth-order valence-corrected chi connectivity index (χ4v) is 2.67. The Balaban J connectivity index is 0.00000529. The lowest BCUT2D eigenvalue weighted by molar-refractivity contribution is -0.122. The molecular formula is C16H32IN5O2. The molecule has 140 valence electrons. The number of halogens is 1. The van der Waals surface area contributed by atoms with Gasteiger partial charge in [0.1, 0.15) is 0 Å². The van der Waals surface area contributed by atoms with Crippen LogP contribution in [0.3, 0.4) is 0 Å². The summed E-state index contributed by atoms with van der Waals surface area (Å²) in [5.41, 5.74) is -0.236. The number of amides is 2. The Bertz CT molecular complexity index is 440. The normalized spacial score (nSPS) is 16.2. The van der Waals surface area contributed by atoms with Crippen molar-refractivity contribution in [3.8, 4) is 0 Å². The average molecular weight is 453 g/mol. The summed E-state index contributed by atoms with van der Waals surface area (Å²) in [5.74, 6) is 1.22. The van der Waals surface area contributed by atoms with E-state index in [2.05, 4.69) is 25.8 Å². The van der Waals surface area contributed by atoms with Gasteiger partial charge in [-0.1, -0.05) is 0 Å². The maximum absolute atomic E-state index is 11.9. The molecular weight excluding hydrogens is 421 g/mol. The van der Waals surface area contributed by atoms with Crippen molar-refractivity contribution in [2.45, 2.75) is 45.6 Å². The lowest BCUT2D eigenvalue weighted by Gasteiger charge is -2.34. The van der Waals surface area contributed by atoms with E-state index in [1.54, 1.807) is 14.1 Å². The van der Waals surface area contributed by atoms with Crippen molar-refractivity contribution in [1.29, 1.82) is 0 Å². The van der Waals surface area contributed by atoms with E-state index in [4.69, 9.17) is 0 Å². The van der Waals surface area contributed by atoms with Crippen LogP contribution in [0, 0.1) is 5.92 Å². The van der Waals surface area contributed by atoms with Crippen LogP contribution >= 0.6 is 24.0 Å². The maximum atomic E-state index is 11.9. The van der Waals surface area contributed by atoms with Gasteiger partial charge in [-0.15, -0.1) is 24.0 Å². The van der Waals surface area contributed by atoms with Crippen LogP contribution in [0.5, 0.6) is 0 Å². The van der Waals surface area contributed by atoms with Crippen molar-refractivity contribution in [2.24, 2.45) is 10.9 Å². The number of likely N-dealkylation sites (tertiary alicyclic amines) is 1. The molecule has 0 unspecified atom stereocenters. The molecule has 1 aliphatic heterocycles. The Morgan fingerprint density at radius 1 is 1.17 bits per heavy atom. The molecule has 1 heterocycles. The van der Waals surface area contributed by atoms with Crippen LogP contribution in [-0.4, -0.2) is 61.9 Å². The Morgan fingerprint density at radius 3 is 2.21 bits per heavy atom. The molecule has 1 rings (SSSR count). The van der Waals surface area contributed by atoms with E-state index in [1.165, 1.54) is 0 Å². The molecule has 24 heavy (non-hydrogen) atoms. The molecule has 0 bridgehead atoms. The fraction of sp³-hybridized carbons (Fsp3) is 0.812. The Morgan fingerprint density at radius 2 is 1.75 bits per heavy atom. The molecule has 0 aliphatic carbocycles. The zero-order valence-corrected chi connectivity index (χ0v) is 17.8. The minimum absolute atomic E-state index is 0. The van der Waals surface area contributed by atoms with Gasteiger partial charge in [-0.05, 0) is 39.5 Å². The number of piperidine rings is 1. The van der Waals surface area contributed by atoms with E-state index in [-0.39, 0.29) is 47.9 Å². The van der Waals surface area contributed by atoms with Gasteiger partial charge in [0.25, 0.3) is 0 Å². The van der Waals surface area contributed by atoms with Crippen LogP contribution < -0.4 is 16.0 Å². The highest BCUT2D eigenvalue weighted by Gasteiger charge is 2.23. The second kappa shape index (κ2) is 10.7. The minimum Gasteiger partial charge on any atom is -0.359 e. The number of carbonyl (C=O) groups excluding carboxylic acids is 2. The first-order valence-corrected chi connectivity index (χ1v) is 8.22. The lowest BCUT2D eigenvalue weighted by atomic mass is 9.93. The van der Waals surface area contributed by atoms with Crippen molar-refractivity contribution < 1.29 is 9.59 Å². The van der Waals surface area contributed by atoms with E-state index in [1.807, 2.05) is 20.8 Å². The number of hydrogen-bond acceptors (Lipinski definition) is 3. The third-order valence-electron chi connectivity index (χ3n) is 3.80. The quantitative estimate of drug-likeness (QED) is 0.336. The molecule has 0 radical (unpaired) electrons. The van der Waals surface area contributed by atoms with Crippen LogP contribution in [0.1, 0.15) is 40.0 Å². The van der Waals surface area contributed by atoms with E-state index < -0.39 is 0 Å². The summed E-state index contributed by atoms with van der Waals surface area (Å²) in [5, 5.41) is 8.71. The standard InChI is InChI=1S/C16H31N5O2.HI/c1-16(2,3)20-14(23)11-19-15(18-5)21-8-6-12(7-9-21)10-13(22)17-4;/h12H,6-11H2,1-5H3,(H,17,22)(H,18,19)(H,20,23);1H. The molecule has 0 saturated carbocycles. The molecule has 0 aromatic rings. The fourth-order valence-electron chi connectivity index (χ4n) is 2.67. The summed E-state index contributed by atoms with van der Waals surface area (Å²) in [4.78, 5) is 29.7. The SMILES string of the molecule is CN=C(NCC(=O)NC(C)(C)C)N1CCC(CC(=O)NC)CC1.I. The lowest BCUT2D eigenvalue weighted by Crippen LogP contribution is -2.50. The zero-order chi connectivity index (χ0) is 17.5.